The maximum Gasteiger partial charge on any atom is 0.220 e. The second-order valence-corrected chi connectivity index (χ2v) is 9.20. The van der Waals surface area contributed by atoms with Gasteiger partial charge < -0.3 is 10.2 Å². The van der Waals surface area contributed by atoms with E-state index in [1.165, 1.54) is 42.6 Å². The van der Waals surface area contributed by atoms with Crippen molar-refractivity contribution in [3.63, 3.8) is 0 Å². The van der Waals surface area contributed by atoms with Crippen LogP contribution in [-0.2, 0) is 4.79 Å². The van der Waals surface area contributed by atoms with Crippen LogP contribution in [0.4, 0.5) is 5.69 Å². The minimum atomic E-state index is 0.121. The van der Waals surface area contributed by atoms with E-state index in [1.54, 1.807) is 0 Å². The molecule has 30 heavy (non-hydrogen) atoms. The third kappa shape index (κ3) is 6.74. The standard InChI is InChI=1S/C25H38N4O/c1-20-6-7-21(2)24(19-20)29-17-15-28(16-18-29)14-12-22-8-10-23(11-9-22)27-25(30)5-3-4-13-26/h6-7,19,22-23H,3-5,8-12,14-18H2,1-2H3,(H,27,30). The number of amides is 1. The molecule has 0 radical (unpaired) electrons. The number of benzene rings is 1. The number of nitriles is 1. The number of hydrogen-bond donors (Lipinski definition) is 1. The van der Waals surface area contributed by atoms with Crippen molar-refractivity contribution in [2.24, 2.45) is 5.92 Å². The van der Waals surface area contributed by atoms with Crippen molar-refractivity contribution in [2.75, 3.05) is 37.6 Å². The zero-order valence-electron chi connectivity index (χ0n) is 18.8. The number of hydrogen-bond acceptors (Lipinski definition) is 4. The number of anilines is 1. The topological polar surface area (TPSA) is 59.4 Å². The molecule has 2 aliphatic rings. The Hall–Kier alpha value is -2.06. The summed E-state index contributed by atoms with van der Waals surface area (Å²) in [5, 5.41) is 11.7. The van der Waals surface area contributed by atoms with E-state index in [0.29, 0.717) is 25.3 Å². The number of carbonyl (C=O) groups is 1. The Labute approximate surface area is 182 Å². The van der Waals surface area contributed by atoms with E-state index in [2.05, 4.69) is 53.2 Å². The van der Waals surface area contributed by atoms with Gasteiger partial charge in [0.25, 0.3) is 0 Å². The highest BCUT2D eigenvalue weighted by atomic mass is 16.1. The normalized spacial score (nSPS) is 22.5. The van der Waals surface area contributed by atoms with Crippen LogP contribution in [0.15, 0.2) is 18.2 Å². The molecule has 1 aliphatic heterocycles. The van der Waals surface area contributed by atoms with E-state index in [9.17, 15) is 4.79 Å². The first-order chi connectivity index (χ1) is 14.5. The van der Waals surface area contributed by atoms with Gasteiger partial charge in [-0.05, 0) is 82.0 Å². The highest BCUT2D eigenvalue weighted by Crippen LogP contribution is 2.28. The van der Waals surface area contributed by atoms with Gasteiger partial charge in [0.2, 0.25) is 5.91 Å². The summed E-state index contributed by atoms with van der Waals surface area (Å²) in [5.41, 5.74) is 4.12. The van der Waals surface area contributed by atoms with E-state index in [-0.39, 0.29) is 5.91 Å². The van der Waals surface area contributed by atoms with Gasteiger partial charge in [0, 0.05) is 50.7 Å². The molecule has 0 aromatic heterocycles. The van der Waals surface area contributed by atoms with Gasteiger partial charge in [0.05, 0.1) is 6.07 Å². The number of carbonyl (C=O) groups excluding carboxylic acids is 1. The van der Waals surface area contributed by atoms with Gasteiger partial charge in [-0.3, -0.25) is 9.69 Å². The SMILES string of the molecule is Cc1ccc(C)c(N2CCN(CCC3CCC(NC(=O)CCCC#N)CC3)CC2)c1. The molecule has 1 aromatic carbocycles. The van der Waals surface area contributed by atoms with E-state index in [1.807, 2.05) is 0 Å². The second-order valence-electron chi connectivity index (χ2n) is 9.20. The summed E-state index contributed by atoms with van der Waals surface area (Å²) in [5.74, 6) is 0.921. The minimum Gasteiger partial charge on any atom is -0.369 e. The van der Waals surface area contributed by atoms with Crippen LogP contribution in [0.25, 0.3) is 0 Å². The van der Waals surface area contributed by atoms with Gasteiger partial charge in [0.15, 0.2) is 0 Å². The van der Waals surface area contributed by atoms with Crippen molar-refractivity contribution in [1.29, 1.82) is 5.26 Å². The maximum absolute atomic E-state index is 11.9. The maximum atomic E-state index is 11.9. The van der Waals surface area contributed by atoms with Crippen LogP contribution in [0.1, 0.15) is 62.5 Å². The van der Waals surface area contributed by atoms with Gasteiger partial charge in [0.1, 0.15) is 0 Å². The Bertz CT molecular complexity index is 725. The Morgan fingerprint density at radius 3 is 2.57 bits per heavy atom. The first-order valence-corrected chi connectivity index (χ1v) is 11.8. The third-order valence-corrected chi connectivity index (χ3v) is 6.84. The molecule has 0 spiro atoms. The van der Waals surface area contributed by atoms with Crippen LogP contribution in [-0.4, -0.2) is 49.6 Å². The number of unbranched alkanes of at least 4 members (excludes halogenated alkanes) is 1. The van der Waals surface area contributed by atoms with Crippen molar-refractivity contribution in [1.82, 2.24) is 10.2 Å². The summed E-state index contributed by atoms with van der Waals surface area (Å²) in [6, 6.07) is 9.21. The lowest BCUT2D eigenvalue weighted by Gasteiger charge is -2.38. The summed E-state index contributed by atoms with van der Waals surface area (Å²) in [4.78, 5) is 17.1. The smallest absolute Gasteiger partial charge is 0.220 e. The van der Waals surface area contributed by atoms with E-state index >= 15 is 0 Å². The predicted octanol–water partition coefficient (Wildman–Crippen LogP) is 4.18. The highest BCUT2D eigenvalue weighted by molar-refractivity contribution is 5.76. The van der Waals surface area contributed by atoms with Crippen molar-refractivity contribution < 1.29 is 4.79 Å². The number of rotatable bonds is 8. The summed E-state index contributed by atoms with van der Waals surface area (Å²) in [7, 11) is 0. The van der Waals surface area contributed by atoms with Crippen LogP contribution in [0.2, 0.25) is 0 Å². The molecule has 1 N–H and O–H groups in total. The van der Waals surface area contributed by atoms with Crippen molar-refractivity contribution in [3.05, 3.63) is 29.3 Å². The first kappa shape index (κ1) is 22.6. The van der Waals surface area contributed by atoms with E-state index < -0.39 is 0 Å². The van der Waals surface area contributed by atoms with E-state index in [4.69, 9.17) is 5.26 Å². The fraction of sp³-hybridized carbons (Fsp3) is 0.680. The van der Waals surface area contributed by atoms with Crippen LogP contribution >= 0.6 is 0 Å². The molecule has 164 valence electrons. The summed E-state index contributed by atoms with van der Waals surface area (Å²) in [6.45, 7) is 10.1. The fourth-order valence-corrected chi connectivity index (χ4v) is 4.86. The molecular formula is C25H38N4O. The first-order valence-electron chi connectivity index (χ1n) is 11.8. The molecule has 1 amide bonds. The van der Waals surface area contributed by atoms with Crippen molar-refractivity contribution in [3.8, 4) is 6.07 Å². The molecule has 1 saturated heterocycles. The molecule has 0 atom stereocenters. The molecule has 5 nitrogen and oxygen atoms in total. The Morgan fingerprint density at radius 1 is 1.13 bits per heavy atom. The lowest BCUT2D eigenvalue weighted by atomic mass is 9.84. The summed E-state index contributed by atoms with van der Waals surface area (Å²) >= 11 is 0. The quantitative estimate of drug-likeness (QED) is 0.653. The molecule has 0 unspecified atom stereocenters. The average molecular weight is 411 g/mol. The lowest BCUT2D eigenvalue weighted by Crippen LogP contribution is -2.47. The average Bonchev–Trinajstić information content (AvgIpc) is 2.75. The molecule has 3 rings (SSSR count). The number of aryl methyl sites for hydroxylation is 2. The molecule has 1 heterocycles. The molecular weight excluding hydrogens is 372 g/mol. The monoisotopic (exact) mass is 410 g/mol. The van der Waals surface area contributed by atoms with Gasteiger partial charge in [-0.2, -0.15) is 5.26 Å². The van der Waals surface area contributed by atoms with Crippen LogP contribution in [0.3, 0.4) is 0 Å². The zero-order valence-corrected chi connectivity index (χ0v) is 18.8. The van der Waals surface area contributed by atoms with E-state index in [0.717, 1.165) is 44.9 Å². The molecule has 1 aliphatic carbocycles. The zero-order chi connectivity index (χ0) is 21.3. The number of piperazine rings is 1. The summed E-state index contributed by atoms with van der Waals surface area (Å²) < 4.78 is 0. The van der Waals surface area contributed by atoms with Crippen LogP contribution < -0.4 is 10.2 Å². The van der Waals surface area contributed by atoms with Gasteiger partial charge in [-0.25, -0.2) is 0 Å². The van der Waals surface area contributed by atoms with Crippen molar-refractivity contribution in [2.45, 2.75) is 71.3 Å². The molecule has 0 bridgehead atoms. The second kappa shape index (κ2) is 11.4. The molecule has 1 saturated carbocycles. The molecule has 2 fully saturated rings. The van der Waals surface area contributed by atoms with Crippen LogP contribution in [0.5, 0.6) is 0 Å². The highest BCUT2D eigenvalue weighted by Gasteiger charge is 2.24. The third-order valence-electron chi connectivity index (χ3n) is 6.84. The fourth-order valence-electron chi connectivity index (χ4n) is 4.86. The Kier molecular flexibility index (Phi) is 8.57. The Morgan fingerprint density at radius 2 is 1.87 bits per heavy atom. The number of nitrogens with zero attached hydrogens (tertiary/aromatic N) is 3. The number of nitrogens with one attached hydrogen (secondary N) is 1. The largest absolute Gasteiger partial charge is 0.369 e. The van der Waals surface area contributed by atoms with Crippen molar-refractivity contribution >= 4 is 11.6 Å². The summed E-state index contributed by atoms with van der Waals surface area (Å²) in [6.07, 6.45) is 7.59. The molecule has 5 heteroatoms. The molecule has 1 aromatic rings. The van der Waals surface area contributed by atoms with Gasteiger partial charge in [-0.1, -0.05) is 12.1 Å². The predicted molar refractivity (Wildman–Crippen MR) is 123 cm³/mol. The lowest BCUT2D eigenvalue weighted by molar-refractivity contribution is -0.122. The van der Waals surface area contributed by atoms with Gasteiger partial charge >= 0.3 is 0 Å². The van der Waals surface area contributed by atoms with Gasteiger partial charge in [-0.15, -0.1) is 0 Å². The minimum absolute atomic E-state index is 0.121. The Balaban J connectivity index is 1.32. The van der Waals surface area contributed by atoms with Crippen LogP contribution in [0, 0.1) is 31.1 Å².